The van der Waals surface area contributed by atoms with E-state index in [9.17, 15) is 31.7 Å². The van der Waals surface area contributed by atoms with Gasteiger partial charge in [-0.15, -0.1) is 0 Å². The SMILES string of the molecule is CC1(C2C=C3C=CC([N+](=O)[O-])(C(F)(F)F)C=C3N2S(C)(=O)=O)CO1. The van der Waals surface area contributed by atoms with Crippen molar-refractivity contribution in [1.82, 2.24) is 4.31 Å². The first-order chi connectivity index (χ1) is 10.8. The molecule has 11 heteroatoms. The van der Waals surface area contributed by atoms with E-state index in [0.29, 0.717) is 12.2 Å². The smallest absolute Gasteiger partial charge is 0.367 e. The first kappa shape index (κ1) is 17.0. The highest BCUT2D eigenvalue weighted by Crippen LogP contribution is 2.47. The van der Waals surface area contributed by atoms with Gasteiger partial charge in [0.2, 0.25) is 10.0 Å². The van der Waals surface area contributed by atoms with E-state index in [4.69, 9.17) is 4.74 Å². The topological polar surface area (TPSA) is 93.1 Å². The number of nitro groups is 1. The molecular formula is C13H13F3N2O5S. The number of epoxide rings is 1. The third-order valence-corrected chi connectivity index (χ3v) is 5.47. The van der Waals surface area contributed by atoms with E-state index >= 15 is 0 Å². The van der Waals surface area contributed by atoms with Crippen LogP contribution in [-0.4, -0.2) is 53.9 Å². The summed E-state index contributed by atoms with van der Waals surface area (Å²) < 4.78 is 70.2. The average molecular weight is 366 g/mol. The number of fused-ring (bicyclic) bond motifs is 1. The van der Waals surface area contributed by atoms with Crippen molar-refractivity contribution in [1.29, 1.82) is 0 Å². The molecule has 0 N–H and O–H groups in total. The van der Waals surface area contributed by atoms with E-state index in [0.717, 1.165) is 16.6 Å². The monoisotopic (exact) mass is 366 g/mol. The number of alkyl halides is 3. The van der Waals surface area contributed by atoms with Crippen LogP contribution >= 0.6 is 0 Å². The molecule has 0 aromatic carbocycles. The quantitative estimate of drug-likeness (QED) is 0.427. The van der Waals surface area contributed by atoms with Crippen molar-refractivity contribution in [2.24, 2.45) is 0 Å². The Morgan fingerprint density at radius 2 is 2.04 bits per heavy atom. The van der Waals surface area contributed by atoms with Crippen LogP contribution in [-0.2, 0) is 14.8 Å². The van der Waals surface area contributed by atoms with Gasteiger partial charge in [0, 0.05) is 17.1 Å². The van der Waals surface area contributed by atoms with Crippen LogP contribution in [0.4, 0.5) is 13.2 Å². The van der Waals surface area contributed by atoms with Gasteiger partial charge in [-0.2, -0.15) is 13.2 Å². The summed E-state index contributed by atoms with van der Waals surface area (Å²) in [7, 11) is -3.98. The molecule has 2 heterocycles. The Morgan fingerprint density at radius 1 is 1.46 bits per heavy atom. The Bertz CT molecular complexity index is 810. The molecule has 1 fully saturated rings. The molecule has 24 heavy (non-hydrogen) atoms. The van der Waals surface area contributed by atoms with Crippen molar-refractivity contribution in [3.8, 4) is 0 Å². The second-order valence-electron chi connectivity index (χ2n) is 6.17. The van der Waals surface area contributed by atoms with Crippen LogP contribution in [0.2, 0.25) is 0 Å². The predicted octanol–water partition coefficient (Wildman–Crippen LogP) is 1.38. The Labute approximate surface area is 135 Å². The molecule has 132 valence electrons. The Morgan fingerprint density at radius 3 is 2.46 bits per heavy atom. The van der Waals surface area contributed by atoms with E-state index in [1.165, 1.54) is 6.08 Å². The normalized spacial score (nSPS) is 35.4. The largest absolute Gasteiger partial charge is 0.469 e. The van der Waals surface area contributed by atoms with Gasteiger partial charge in [0.25, 0.3) is 0 Å². The lowest BCUT2D eigenvalue weighted by molar-refractivity contribution is -0.582. The second-order valence-corrected chi connectivity index (χ2v) is 8.03. The number of ether oxygens (including phenoxy) is 1. The third-order valence-electron chi connectivity index (χ3n) is 4.34. The van der Waals surface area contributed by atoms with Gasteiger partial charge in [-0.25, -0.2) is 8.42 Å². The number of allylic oxidation sites excluding steroid dienone is 1. The molecule has 3 aliphatic rings. The lowest BCUT2D eigenvalue weighted by Crippen LogP contribution is -2.51. The van der Waals surface area contributed by atoms with Gasteiger partial charge in [-0.1, -0.05) is 0 Å². The molecule has 1 aliphatic carbocycles. The lowest BCUT2D eigenvalue weighted by Gasteiger charge is -2.31. The molecule has 0 aromatic rings. The minimum Gasteiger partial charge on any atom is -0.367 e. The standard InChI is InChI=1S/C13H13F3N2O5S/c1-11(7-23-11)10-5-8-3-4-12(18(19)20,13(14,15)16)6-9(8)17(10)24(2,21)22/h3-6,10H,7H2,1-2H3. The van der Waals surface area contributed by atoms with Crippen LogP contribution in [0.25, 0.3) is 0 Å². The maximum Gasteiger partial charge on any atom is 0.469 e. The van der Waals surface area contributed by atoms with E-state index < -0.39 is 38.3 Å². The van der Waals surface area contributed by atoms with E-state index in [1.54, 1.807) is 6.92 Å². The molecule has 2 aliphatic heterocycles. The Kier molecular flexibility index (Phi) is 3.25. The summed E-state index contributed by atoms with van der Waals surface area (Å²) in [5.74, 6) is 0. The van der Waals surface area contributed by atoms with Crippen molar-refractivity contribution >= 4 is 10.0 Å². The van der Waals surface area contributed by atoms with Crippen LogP contribution in [0, 0.1) is 10.1 Å². The highest BCUT2D eigenvalue weighted by atomic mass is 32.2. The number of rotatable bonds is 3. The molecule has 0 amide bonds. The van der Waals surface area contributed by atoms with Crippen LogP contribution in [0.15, 0.2) is 35.6 Å². The average Bonchev–Trinajstić information content (AvgIpc) is 3.03. The second kappa shape index (κ2) is 4.60. The minimum atomic E-state index is -5.22. The number of sulfonamides is 1. The molecule has 3 unspecified atom stereocenters. The van der Waals surface area contributed by atoms with E-state index in [1.807, 2.05) is 0 Å². The van der Waals surface area contributed by atoms with Gasteiger partial charge in [-0.3, -0.25) is 14.4 Å². The Balaban J connectivity index is 2.19. The summed E-state index contributed by atoms with van der Waals surface area (Å²) >= 11 is 0. The van der Waals surface area contributed by atoms with E-state index in [-0.39, 0.29) is 17.9 Å². The zero-order valence-electron chi connectivity index (χ0n) is 12.6. The molecule has 0 radical (unpaired) electrons. The fourth-order valence-corrected chi connectivity index (χ4v) is 4.06. The summed E-state index contributed by atoms with van der Waals surface area (Å²) in [6.07, 6.45) is -1.20. The molecule has 0 aromatic heterocycles. The summed E-state index contributed by atoms with van der Waals surface area (Å²) in [5, 5.41) is 11.1. The van der Waals surface area contributed by atoms with Crippen molar-refractivity contribution < 1.29 is 31.2 Å². The molecule has 7 nitrogen and oxygen atoms in total. The van der Waals surface area contributed by atoms with Crippen LogP contribution in [0.3, 0.4) is 0 Å². The summed E-state index contributed by atoms with van der Waals surface area (Å²) in [6, 6.07) is -0.853. The van der Waals surface area contributed by atoms with Gasteiger partial charge in [0.05, 0.1) is 24.6 Å². The number of nitrogens with zero attached hydrogens (tertiary/aromatic N) is 2. The molecule has 0 bridgehead atoms. The van der Waals surface area contributed by atoms with Crippen LogP contribution < -0.4 is 0 Å². The number of hydrogen-bond acceptors (Lipinski definition) is 5. The molecule has 0 saturated carbocycles. The maximum absolute atomic E-state index is 13.3. The van der Waals surface area contributed by atoms with Crippen LogP contribution in [0.1, 0.15) is 6.92 Å². The van der Waals surface area contributed by atoms with E-state index in [2.05, 4.69) is 0 Å². The first-order valence-corrected chi connectivity index (χ1v) is 8.66. The molecular weight excluding hydrogens is 353 g/mol. The molecule has 3 rings (SSSR count). The van der Waals surface area contributed by atoms with Crippen molar-refractivity contribution in [2.75, 3.05) is 12.9 Å². The zero-order valence-corrected chi connectivity index (χ0v) is 13.4. The molecule has 0 spiro atoms. The highest BCUT2D eigenvalue weighted by Gasteiger charge is 2.65. The summed E-state index contributed by atoms with van der Waals surface area (Å²) in [6.45, 7) is 1.86. The Hall–Kier alpha value is -1.88. The summed E-state index contributed by atoms with van der Waals surface area (Å²) in [4.78, 5) is 9.66. The molecule has 3 atom stereocenters. The fourth-order valence-electron chi connectivity index (χ4n) is 2.85. The van der Waals surface area contributed by atoms with Crippen molar-refractivity contribution in [2.45, 2.75) is 30.3 Å². The van der Waals surface area contributed by atoms with Crippen molar-refractivity contribution in [3.63, 3.8) is 0 Å². The summed E-state index contributed by atoms with van der Waals surface area (Å²) in [5.41, 5.74) is -4.50. The van der Waals surface area contributed by atoms with Gasteiger partial charge in [0.1, 0.15) is 5.60 Å². The zero-order chi connectivity index (χ0) is 18.1. The molecule has 1 saturated heterocycles. The fraction of sp³-hybridized carbons (Fsp3) is 0.538. The predicted molar refractivity (Wildman–Crippen MR) is 75.9 cm³/mol. The van der Waals surface area contributed by atoms with Gasteiger partial charge in [0.15, 0.2) is 0 Å². The first-order valence-electron chi connectivity index (χ1n) is 6.81. The number of halogens is 3. The number of hydrogen-bond donors (Lipinski definition) is 0. The van der Waals surface area contributed by atoms with Crippen LogP contribution in [0.5, 0.6) is 0 Å². The van der Waals surface area contributed by atoms with Crippen molar-refractivity contribution in [3.05, 3.63) is 45.7 Å². The van der Waals surface area contributed by atoms with Gasteiger partial charge in [-0.05, 0) is 24.6 Å². The highest BCUT2D eigenvalue weighted by molar-refractivity contribution is 7.88. The lowest BCUT2D eigenvalue weighted by atomic mass is 9.90. The third kappa shape index (κ3) is 2.25. The van der Waals surface area contributed by atoms with Gasteiger partial charge < -0.3 is 4.74 Å². The van der Waals surface area contributed by atoms with Gasteiger partial charge >= 0.3 is 11.7 Å². The minimum absolute atomic E-state index is 0.184. The maximum atomic E-state index is 13.3.